The summed E-state index contributed by atoms with van der Waals surface area (Å²) >= 11 is 1.22. The summed E-state index contributed by atoms with van der Waals surface area (Å²) in [5.41, 5.74) is 1.10. The van der Waals surface area contributed by atoms with Crippen LogP contribution in [0, 0.1) is 21.4 Å². The first-order chi connectivity index (χ1) is 13.4. The van der Waals surface area contributed by atoms with Crippen LogP contribution >= 0.6 is 11.3 Å². The zero-order valence-electron chi connectivity index (χ0n) is 14.9. The van der Waals surface area contributed by atoms with Gasteiger partial charge in [-0.25, -0.2) is 4.79 Å². The first-order valence-corrected chi connectivity index (χ1v) is 9.28. The van der Waals surface area contributed by atoms with E-state index in [0.717, 1.165) is 10.4 Å². The summed E-state index contributed by atoms with van der Waals surface area (Å²) in [5, 5.41) is 23.5. The fourth-order valence-corrected chi connectivity index (χ4v) is 4.13. The Morgan fingerprint density at radius 2 is 2.25 bits per heavy atom. The molecule has 0 saturated heterocycles. The molecule has 1 aliphatic heterocycles. The average molecular weight is 400 g/mol. The first kappa shape index (κ1) is 19.3. The third-order valence-electron chi connectivity index (χ3n) is 4.24. The molecule has 0 unspecified atom stereocenters. The Morgan fingerprint density at radius 1 is 1.46 bits per heavy atom. The minimum atomic E-state index is -0.578. The van der Waals surface area contributed by atoms with Gasteiger partial charge in [0.1, 0.15) is 11.1 Å². The molecule has 1 aromatic heterocycles. The molecule has 1 aliphatic rings. The lowest BCUT2D eigenvalue weighted by atomic mass is 10.0. The summed E-state index contributed by atoms with van der Waals surface area (Å²) < 4.78 is 5.01. The number of amides is 2. The summed E-state index contributed by atoms with van der Waals surface area (Å²) in [6, 6.07) is 7.48. The number of rotatable bonds is 4. The number of nitro benzene ring substituents is 1. The van der Waals surface area contributed by atoms with Gasteiger partial charge in [0.05, 0.1) is 23.6 Å². The molecular weight excluding hydrogens is 384 g/mol. The largest absolute Gasteiger partial charge is 0.450 e. The van der Waals surface area contributed by atoms with Crippen molar-refractivity contribution in [2.75, 3.05) is 18.5 Å². The highest BCUT2D eigenvalue weighted by atomic mass is 32.1. The van der Waals surface area contributed by atoms with Gasteiger partial charge in [0.15, 0.2) is 0 Å². The van der Waals surface area contributed by atoms with Crippen molar-refractivity contribution < 1.29 is 19.2 Å². The van der Waals surface area contributed by atoms with Crippen LogP contribution in [-0.2, 0) is 17.7 Å². The number of benzene rings is 1. The maximum atomic E-state index is 12.5. The van der Waals surface area contributed by atoms with Gasteiger partial charge < -0.3 is 15.0 Å². The molecule has 144 valence electrons. The van der Waals surface area contributed by atoms with Gasteiger partial charge in [-0.1, -0.05) is 6.07 Å². The van der Waals surface area contributed by atoms with Gasteiger partial charge in [-0.15, -0.1) is 11.3 Å². The number of carbonyl (C=O) groups is 2. The van der Waals surface area contributed by atoms with Crippen LogP contribution in [0.15, 0.2) is 24.3 Å². The van der Waals surface area contributed by atoms with E-state index in [1.54, 1.807) is 11.8 Å². The second kappa shape index (κ2) is 8.06. The highest BCUT2D eigenvalue weighted by molar-refractivity contribution is 7.16. The molecule has 0 spiro atoms. The number of thiophene rings is 1. The van der Waals surface area contributed by atoms with E-state index >= 15 is 0 Å². The van der Waals surface area contributed by atoms with Crippen LogP contribution in [0.3, 0.4) is 0 Å². The van der Waals surface area contributed by atoms with Crippen LogP contribution in [0.25, 0.3) is 0 Å². The fraction of sp³-hybridized carbons (Fsp3) is 0.278. The molecule has 1 N–H and O–H groups in total. The number of nitrogens with zero attached hydrogens (tertiary/aromatic N) is 3. The SMILES string of the molecule is CCOC(=O)N1CCc2c(sc(NC(=O)c3cccc([N+](=O)[O-])c3)c2C#N)C1. The zero-order valence-corrected chi connectivity index (χ0v) is 15.7. The van der Waals surface area contributed by atoms with Gasteiger partial charge in [-0.05, 0) is 25.0 Å². The van der Waals surface area contributed by atoms with E-state index in [4.69, 9.17) is 4.74 Å². The van der Waals surface area contributed by atoms with Crippen molar-refractivity contribution in [2.45, 2.75) is 19.9 Å². The lowest BCUT2D eigenvalue weighted by Gasteiger charge is -2.25. The standard InChI is InChI=1S/C18H16N4O5S/c1-2-27-18(24)21-7-6-13-14(9-19)17(28-15(13)10-21)20-16(23)11-4-3-5-12(8-11)22(25)26/h3-5,8H,2,6-7,10H2,1H3,(H,20,23). The molecule has 0 radical (unpaired) electrons. The third kappa shape index (κ3) is 3.79. The molecule has 10 heteroatoms. The van der Waals surface area contributed by atoms with Crippen LogP contribution in [0.5, 0.6) is 0 Å². The van der Waals surface area contributed by atoms with Crippen molar-refractivity contribution in [2.24, 2.45) is 0 Å². The van der Waals surface area contributed by atoms with Crippen LogP contribution < -0.4 is 5.32 Å². The average Bonchev–Trinajstić information content (AvgIpc) is 3.04. The smallest absolute Gasteiger partial charge is 0.410 e. The molecule has 3 rings (SSSR count). The predicted molar refractivity (Wildman–Crippen MR) is 101 cm³/mol. The second-order valence-electron chi connectivity index (χ2n) is 5.95. The van der Waals surface area contributed by atoms with Crippen LogP contribution in [0.4, 0.5) is 15.5 Å². The number of carbonyl (C=O) groups excluding carboxylic acids is 2. The quantitative estimate of drug-likeness (QED) is 0.620. The van der Waals surface area contributed by atoms with Crippen molar-refractivity contribution >= 4 is 34.0 Å². The number of nitrogens with one attached hydrogen (secondary N) is 1. The van der Waals surface area contributed by atoms with E-state index in [9.17, 15) is 25.0 Å². The second-order valence-corrected chi connectivity index (χ2v) is 7.06. The molecule has 2 aromatic rings. The molecule has 28 heavy (non-hydrogen) atoms. The van der Waals surface area contributed by atoms with Crippen molar-refractivity contribution in [3.8, 4) is 6.07 Å². The fourth-order valence-electron chi connectivity index (χ4n) is 2.92. The summed E-state index contributed by atoms with van der Waals surface area (Å²) in [6.07, 6.45) is 0.0717. The third-order valence-corrected chi connectivity index (χ3v) is 5.37. The van der Waals surface area contributed by atoms with Crippen LogP contribution in [0.2, 0.25) is 0 Å². The van der Waals surface area contributed by atoms with Gasteiger partial charge in [0.2, 0.25) is 0 Å². The van der Waals surface area contributed by atoms with Crippen molar-refractivity contribution in [3.05, 3.63) is 55.9 Å². The van der Waals surface area contributed by atoms with Crippen LogP contribution in [0.1, 0.15) is 33.3 Å². The van der Waals surface area contributed by atoms with Crippen LogP contribution in [-0.4, -0.2) is 35.0 Å². The molecule has 0 fully saturated rings. The minimum absolute atomic E-state index is 0.123. The Bertz CT molecular complexity index is 994. The number of nitriles is 1. The maximum Gasteiger partial charge on any atom is 0.410 e. The van der Waals surface area contributed by atoms with E-state index < -0.39 is 16.9 Å². The molecule has 0 saturated carbocycles. The molecular formula is C18H16N4O5S. The number of anilines is 1. The molecule has 0 atom stereocenters. The number of ether oxygens (including phenoxy) is 1. The van der Waals surface area contributed by atoms with Crippen molar-refractivity contribution in [1.29, 1.82) is 5.26 Å². The Labute approximate surface area is 164 Å². The first-order valence-electron chi connectivity index (χ1n) is 8.46. The molecule has 0 bridgehead atoms. The van der Waals surface area contributed by atoms with E-state index in [-0.39, 0.29) is 17.9 Å². The number of nitro groups is 1. The topological polar surface area (TPSA) is 126 Å². The highest BCUT2D eigenvalue weighted by Crippen LogP contribution is 2.37. The number of hydrogen-bond donors (Lipinski definition) is 1. The van der Waals surface area contributed by atoms with Gasteiger partial charge >= 0.3 is 6.09 Å². The molecule has 2 amide bonds. The van der Waals surface area contributed by atoms with Crippen molar-refractivity contribution in [1.82, 2.24) is 4.90 Å². The summed E-state index contributed by atoms with van der Waals surface area (Å²) in [7, 11) is 0. The van der Waals surface area contributed by atoms with Gasteiger partial charge in [0, 0.05) is 29.1 Å². The number of non-ortho nitro benzene ring substituents is 1. The van der Waals surface area contributed by atoms with Gasteiger partial charge in [-0.2, -0.15) is 5.26 Å². The van der Waals surface area contributed by atoms with E-state index in [2.05, 4.69) is 11.4 Å². The lowest BCUT2D eigenvalue weighted by molar-refractivity contribution is -0.384. The highest BCUT2D eigenvalue weighted by Gasteiger charge is 2.28. The van der Waals surface area contributed by atoms with Crippen molar-refractivity contribution in [3.63, 3.8) is 0 Å². The van der Waals surface area contributed by atoms with Gasteiger partial charge in [0.25, 0.3) is 11.6 Å². The van der Waals surface area contributed by atoms with E-state index in [0.29, 0.717) is 30.1 Å². The monoisotopic (exact) mass is 400 g/mol. The summed E-state index contributed by atoms with van der Waals surface area (Å²) in [6.45, 7) is 2.74. The minimum Gasteiger partial charge on any atom is -0.450 e. The zero-order chi connectivity index (χ0) is 20.3. The van der Waals surface area contributed by atoms with E-state index in [1.807, 2.05) is 0 Å². The van der Waals surface area contributed by atoms with E-state index in [1.165, 1.54) is 35.6 Å². The molecule has 0 aliphatic carbocycles. The Morgan fingerprint density at radius 3 is 2.93 bits per heavy atom. The summed E-state index contributed by atoms with van der Waals surface area (Å²) in [5.74, 6) is -0.541. The molecule has 9 nitrogen and oxygen atoms in total. The Kier molecular flexibility index (Phi) is 5.56. The maximum absolute atomic E-state index is 12.5. The molecule has 2 heterocycles. The number of fused-ring (bicyclic) bond motifs is 1. The normalized spacial score (nSPS) is 12.6. The number of hydrogen-bond acceptors (Lipinski definition) is 7. The Balaban J connectivity index is 1.83. The van der Waals surface area contributed by atoms with Gasteiger partial charge in [-0.3, -0.25) is 14.9 Å². The predicted octanol–water partition coefficient (Wildman–Crippen LogP) is 3.29. The Hall–Kier alpha value is -3.45. The molecule has 1 aromatic carbocycles. The summed E-state index contributed by atoms with van der Waals surface area (Å²) in [4.78, 5) is 37.1. The lowest BCUT2D eigenvalue weighted by Crippen LogP contribution is -2.35.